The smallest absolute Gasteiger partial charge is 0.325 e. The maximum absolute atomic E-state index is 13.2. The average Bonchev–Trinajstić information content (AvgIpc) is 2.72. The summed E-state index contributed by atoms with van der Waals surface area (Å²) in [6.45, 7) is 0.576. The highest BCUT2D eigenvalue weighted by atomic mass is 19.1. The Bertz CT molecular complexity index is 566. The number of hydrogen-bond acceptors (Lipinski definition) is 5. The summed E-state index contributed by atoms with van der Waals surface area (Å²) in [5.74, 6) is -1.67. The zero-order valence-electron chi connectivity index (χ0n) is 10.6. The van der Waals surface area contributed by atoms with Gasteiger partial charge < -0.3 is 10.8 Å². The summed E-state index contributed by atoms with van der Waals surface area (Å²) < 4.78 is 13.2. The number of nitro benzene ring substituents is 1. The van der Waals surface area contributed by atoms with Gasteiger partial charge in [0, 0.05) is 31.3 Å². The molecule has 108 valence electrons. The maximum atomic E-state index is 13.2. The van der Waals surface area contributed by atoms with Crippen molar-refractivity contribution in [3.05, 3.63) is 39.7 Å². The third kappa shape index (κ3) is 2.75. The average molecular weight is 283 g/mol. The second-order valence-corrected chi connectivity index (χ2v) is 4.95. The van der Waals surface area contributed by atoms with E-state index >= 15 is 0 Å². The van der Waals surface area contributed by atoms with Crippen LogP contribution in [0.15, 0.2) is 18.2 Å². The Morgan fingerprint density at radius 2 is 2.30 bits per heavy atom. The fraction of sp³-hybridized carbons (Fsp3) is 0.417. The lowest BCUT2D eigenvalue weighted by atomic mass is 10.0. The van der Waals surface area contributed by atoms with Crippen LogP contribution in [0.25, 0.3) is 0 Å². The minimum absolute atomic E-state index is 0.0794. The number of likely N-dealkylation sites (tertiary alicyclic amines) is 1. The number of halogens is 1. The molecule has 7 nitrogen and oxygen atoms in total. The van der Waals surface area contributed by atoms with Crippen LogP contribution in [0.5, 0.6) is 0 Å². The Balaban J connectivity index is 2.18. The molecule has 1 aromatic rings. The molecule has 0 radical (unpaired) electrons. The Morgan fingerprint density at radius 1 is 1.60 bits per heavy atom. The van der Waals surface area contributed by atoms with E-state index in [1.807, 2.05) is 0 Å². The van der Waals surface area contributed by atoms with Crippen LogP contribution in [0, 0.1) is 15.9 Å². The van der Waals surface area contributed by atoms with Gasteiger partial charge in [-0.05, 0) is 18.6 Å². The van der Waals surface area contributed by atoms with Gasteiger partial charge in [0.15, 0.2) is 0 Å². The molecule has 0 amide bonds. The van der Waals surface area contributed by atoms with E-state index in [-0.39, 0.29) is 30.8 Å². The van der Waals surface area contributed by atoms with Crippen molar-refractivity contribution in [2.24, 2.45) is 5.73 Å². The van der Waals surface area contributed by atoms with E-state index in [1.54, 1.807) is 4.90 Å². The largest absolute Gasteiger partial charge is 0.480 e. The maximum Gasteiger partial charge on any atom is 0.325 e. The van der Waals surface area contributed by atoms with Crippen molar-refractivity contribution >= 4 is 11.7 Å². The molecular weight excluding hydrogens is 269 g/mol. The highest BCUT2D eigenvalue weighted by Gasteiger charge is 2.41. The topological polar surface area (TPSA) is 110 Å². The molecule has 0 aromatic heterocycles. The van der Waals surface area contributed by atoms with E-state index in [4.69, 9.17) is 10.8 Å². The molecule has 0 saturated carbocycles. The highest BCUT2D eigenvalue weighted by Crippen LogP contribution is 2.25. The van der Waals surface area contributed by atoms with Gasteiger partial charge in [0.25, 0.3) is 5.69 Å². The Morgan fingerprint density at radius 3 is 2.85 bits per heavy atom. The summed E-state index contributed by atoms with van der Waals surface area (Å²) in [5, 5.41) is 19.9. The normalized spacial score (nSPS) is 22.9. The lowest BCUT2D eigenvalue weighted by molar-refractivity contribution is -0.385. The van der Waals surface area contributed by atoms with Crippen LogP contribution in [0.3, 0.4) is 0 Å². The number of rotatable bonds is 4. The van der Waals surface area contributed by atoms with Crippen molar-refractivity contribution in [3.8, 4) is 0 Å². The number of hydrogen-bond donors (Lipinski definition) is 2. The first-order chi connectivity index (χ1) is 9.32. The third-order valence-corrected chi connectivity index (χ3v) is 3.44. The minimum Gasteiger partial charge on any atom is -0.480 e. The van der Waals surface area contributed by atoms with Crippen molar-refractivity contribution in [2.75, 3.05) is 13.1 Å². The van der Waals surface area contributed by atoms with E-state index in [0.29, 0.717) is 6.54 Å². The summed E-state index contributed by atoms with van der Waals surface area (Å²) in [6.07, 6.45) is 0.255. The van der Waals surface area contributed by atoms with Crippen LogP contribution in [0.4, 0.5) is 10.1 Å². The lowest BCUT2D eigenvalue weighted by Gasteiger charge is -2.20. The van der Waals surface area contributed by atoms with E-state index in [9.17, 15) is 19.3 Å². The summed E-state index contributed by atoms with van der Waals surface area (Å²) in [6, 6.07) is 3.22. The van der Waals surface area contributed by atoms with Crippen LogP contribution in [-0.2, 0) is 11.3 Å². The zero-order chi connectivity index (χ0) is 14.9. The van der Waals surface area contributed by atoms with Crippen LogP contribution >= 0.6 is 0 Å². The number of nitrogens with zero attached hydrogens (tertiary/aromatic N) is 2. The number of carboxylic acids is 1. The van der Waals surface area contributed by atoms with Gasteiger partial charge in [0.2, 0.25) is 0 Å². The molecule has 1 aliphatic rings. The molecule has 0 spiro atoms. The number of aliphatic carboxylic acids is 1. The minimum atomic E-state index is -1.35. The van der Waals surface area contributed by atoms with Crippen LogP contribution in [0.1, 0.15) is 12.0 Å². The van der Waals surface area contributed by atoms with Gasteiger partial charge in [-0.25, -0.2) is 4.39 Å². The van der Waals surface area contributed by atoms with Gasteiger partial charge in [-0.2, -0.15) is 0 Å². The van der Waals surface area contributed by atoms with E-state index in [2.05, 4.69) is 0 Å². The van der Waals surface area contributed by atoms with E-state index in [1.165, 1.54) is 0 Å². The second-order valence-electron chi connectivity index (χ2n) is 4.95. The first-order valence-corrected chi connectivity index (χ1v) is 5.99. The van der Waals surface area contributed by atoms with Gasteiger partial charge in [0.1, 0.15) is 11.4 Å². The zero-order valence-corrected chi connectivity index (χ0v) is 10.6. The van der Waals surface area contributed by atoms with Gasteiger partial charge >= 0.3 is 5.97 Å². The van der Waals surface area contributed by atoms with Crippen molar-refractivity contribution in [1.29, 1.82) is 0 Å². The first kappa shape index (κ1) is 14.4. The molecule has 0 aliphatic carbocycles. The van der Waals surface area contributed by atoms with Crippen LogP contribution < -0.4 is 5.73 Å². The SMILES string of the molecule is NC1(C(=O)O)CCN(Cc2cc(F)ccc2[N+](=O)[O-])C1. The second kappa shape index (κ2) is 5.14. The molecule has 1 atom stereocenters. The van der Waals surface area contributed by atoms with Crippen molar-refractivity contribution in [3.63, 3.8) is 0 Å². The molecule has 1 unspecified atom stereocenters. The van der Waals surface area contributed by atoms with E-state index in [0.717, 1.165) is 18.2 Å². The fourth-order valence-corrected chi connectivity index (χ4v) is 2.32. The van der Waals surface area contributed by atoms with Crippen molar-refractivity contribution < 1.29 is 19.2 Å². The summed E-state index contributed by atoms with van der Waals surface area (Å²) in [4.78, 5) is 23.0. The molecule has 0 bridgehead atoms. The summed E-state index contributed by atoms with van der Waals surface area (Å²) in [7, 11) is 0. The Hall–Kier alpha value is -2.06. The van der Waals surface area contributed by atoms with Gasteiger partial charge in [0.05, 0.1) is 4.92 Å². The van der Waals surface area contributed by atoms with Crippen LogP contribution in [-0.4, -0.2) is 39.5 Å². The number of carboxylic acid groups (broad SMARTS) is 1. The molecule has 1 aromatic carbocycles. The molecule has 1 aliphatic heterocycles. The molecule has 1 fully saturated rings. The first-order valence-electron chi connectivity index (χ1n) is 5.99. The quantitative estimate of drug-likeness (QED) is 0.622. The van der Waals surface area contributed by atoms with Crippen molar-refractivity contribution in [2.45, 2.75) is 18.5 Å². The van der Waals surface area contributed by atoms with Gasteiger partial charge in [-0.3, -0.25) is 19.8 Å². The standard InChI is InChI=1S/C12H14FN3O4/c13-9-1-2-10(16(19)20)8(5-9)6-15-4-3-12(14,7-15)11(17)18/h1-2,5H,3-4,6-7,14H2,(H,17,18). The van der Waals surface area contributed by atoms with Crippen LogP contribution in [0.2, 0.25) is 0 Å². The molecule has 1 saturated heterocycles. The molecule has 1 heterocycles. The lowest BCUT2D eigenvalue weighted by Crippen LogP contribution is -2.50. The summed E-state index contributed by atoms with van der Waals surface area (Å²) in [5.41, 5.74) is 4.41. The van der Waals surface area contributed by atoms with Gasteiger partial charge in [-0.15, -0.1) is 0 Å². The predicted octanol–water partition coefficient (Wildman–Crippen LogP) is 0.722. The number of benzene rings is 1. The predicted molar refractivity (Wildman–Crippen MR) is 67.5 cm³/mol. The molecule has 20 heavy (non-hydrogen) atoms. The Kier molecular flexibility index (Phi) is 3.69. The fourth-order valence-electron chi connectivity index (χ4n) is 2.32. The number of nitro groups is 1. The number of carbonyl (C=O) groups is 1. The third-order valence-electron chi connectivity index (χ3n) is 3.44. The molecular formula is C12H14FN3O4. The molecule has 8 heteroatoms. The van der Waals surface area contributed by atoms with E-state index < -0.39 is 22.2 Å². The highest BCUT2D eigenvalue weighted by molar-refractivity contribution is 5.79. The summed E-state index contributed by atoms with van der Waals surface area (Å²) >= 11 is 0. The number of nitrogens with two attached hydrogens (primary N) is 1. The molecule has 3 N–H and O–H groups in total. The van der Waals surface area contributed by atoms with Crippen molar-refractivity contribution in [1.82, 2.24) is 4.90 Å². The monoisotopic (exact) mass is 283 g/mol. The van der Waals surface area contributed by atoms with Gasteiger partial charge in [-0.1, -0.05) is 0 Å². The molecule has 2 rings (SSSR count). The Labute approximate surface area is 113 Å².